The molecule has 28 heavy (non-hydrogen) atoms. The molecule has 148 valence electrons. The number of nitrogens with zero attached hydrogens (tertiary/aromatic N) is 3. The van der Waals surface area contributed by atoms with E-state index in [4.69, 9.17) is 0 Å². The van der Waals surface area contributed by atoms with Crippen LogP contribution in [-0.2, 0) is 4.79 Å². The lowest BCUT2D eigenvalue weighted by molar-refractivity contribution is -0.126. The molecule has 1 aromatic heterocycles. The first-order valence-electron chi connectivity index (χ1n) is 10.3. The van der Waals surface area contributed by atoms with Crippen molar-refractivity contribution in [1.29, 1.82) is 0 Å². The normalized spacial score (nSPS) is 18.8. The summed E-state index contributed by atoms with van der Waals surface area (Å²) in [5.41, 5.74) is 1.59. The van der Waals surface area contributed by atoms with Crippen LogP contribution in [0.1, 0.15) is 44.9 Å². The van der Waals surface area contributed by atoms with Crippen LogP contribution in [0.3, 0.4) is 0 Å². The van der Waals surface area contributed by atoms with E-state index >= 15 is 0 Å². The van der Waals surface area contributed by atoms with Crippen LogP contribution in [-0.4, -0.2) is 35.2 Å². The van der Waals surface area contributed by atoms with Crippen molar-refractivity contribution >= 4 is 11.7 Å². The van der Waals surface area contributed by atoms with Crippen LogP contribution in [0.15, 0.2) is 36.4 Å². The molecule has 1 aromatic carbocycles. The Kier molecular flexibility index (Phi) is 5.84. The molecule has 1 saturated heterocycles. The minimum atomic E-state index is -0.258. The highest BCUT2D eigenvalue weighted by Gasteiger charge is 2.26. The van der Waals surface area contributed by atoms with E-state index in [2.05, 4.69) is 20.4 Å². The first-order chi connectivity index (χ1) is 13.7. The molecular formula is C22H27FN4O. The summed E-state index contributed by atoms with van der Waals surface area (Å²) >= 11 is 0. The zero-order valence-corrected chi connectivity index (χ0v) is 16.1. The lowest BCUT2D eigenvalue weighted by Crippen LogP contribution is -2.46. The molecule has 2 fully saturated rings. The van der Waals surface area contributed by atoms with Crippen LogP contribution in [0.5, 0.6) is 0 Å². The molecule has 2 heterocycles. The van der Waals surface area contributed by atoms with Gasteiger partial charge in [-0.25, -0.2) is 4.39 Å². The van der Waals surface area contributed by atoms with Crippen LogP contribution in [0, 0.1) is 11.7 Å². The van der Waals surface area contributed by atoms with Gasteiger partial charge in [-0.1, -0.05) is 19.3 Å². The summed E-state index contributed by atoms with van der Waals surface area (Å²) in [5.74, 6) is 1.06. The van der Waals surface area contributed by atoms with Crippen LogP contribution in [0.25, 0.3) is 11.3 Å². The molecule has 0 radical (unpaired) electrons. The van der Waals surface area contributed by atoms with Gasteiger partial charge in [-0.05, 0) is 62.1 Å². The Morgan fingerprint density at radius 1 is 0.929 bits per heavy atom. The molecule has 1 aliphatic heterocycles. The molecule has 0 unspecified atom stereocenters. The third kappa shape index (κ3) is 4.49. The number of hydrogen-bond acceptors (Lipinski definition) is 4. The molecule has 0 bridgehead atoms. The average molecular weight is 382 g/mol. The molecule has 0 atom stereocenters. The Morgan fingerprint density at radius 3 is 2.29 bits per heavy atom. The molecule has 1 amide bonds. The first kappa shape index (κ1) is 18.8. The second kappa shape index (κ2) is 8.67. The number of benzene rings is 1. The van der Waals surface area contributed by atoms with E-state index in [0.717, 1.165) is 55.8 Å². The van der Waals surface area contributed by atoms with Crippen molar-refractivity contribution in [3.63, 3.8) is 0 Å². The fraction of sp³-hybridized carbons (Fsp3) is 0.500. The van der Waals surface area contributed by atoms with Gasteiger partial charge in [-0.3, -0.25) is 4.79 Å². The average Bonchev–Trinajstić information content (AvgIpc) is 2.76. The van der Waals surface area contributed by atoms with Crippen LogP contribution >= 0.6 is 0 Å². The maximum Gasteiger partial charge on any atom is 0.223 e. The number of anilines is 1. The smallest absolute Gasteiger partial charge is 0.223 e. The number of carbonyl (C=O) groups is 1. The lowest BCUT2D eigenvalue weighted by Gasteiger charge is -2.34. The van der Waals surface area contributed by atoms with Crippen LogP contribution in [0.4, 0.5) is 10.2 Å². The van der Waals surface area contributed by atoms with Crippen molar-refractivity contribution in [3.05, 3.63) is 42.2 Å². The summed E-state index contributed by atoms with van der Waals surface area (Å²) in [4.78, 5) is 14.7. The summed E-state index contributed by atoms with van der Waals surface area (Å²) in [6, 6.07) is 10.4. The maximum atomic E-state index is 13.1. The lowest BCUT2D eigenvalue weighted by atomic mass is 9.88. The van der Waals surface area contributed by atoms with Gasteiger partial charge in [0.1, 0.15) is 5.82 Å². The predicted octanol–water partition coefficient (Wildman–Crippen LogP) is 3.95. The van der Waals surface area contributed by atoms with Crippen LogP contribution < -0.4 is 10.2 Å². The summed E-state index contributed by atoms with van der Waals surface area (Å²) < 4.78 is 13.1. The number of rotatable bonds is 4. The van der Waals surface area contributed by atoms with Crippen molar-refractivity contribution < 1.29 is 9.18 Å². The standard InChI is InChI=1S/C22H27FN4O/c23-18-8-6-16(7-9-18)20-10-11-21(26-25-20)27-14-12-19(13-15-27)24-22(28)17-4-2-1-3-5-17/h6-11,17,19H,1-5,12-15H2,(H,24,28). The van der Waals surface area contributed by atoms with Gasteiger partial charge >= 0.3 is 0 Å². The minimum absolute atomic E-state index is 0.219. The summed E-state index contributed by atoms with van der Waals surface area (Å²) in [5, 5.41) is 11.9. The van der Waals surface area contributed by atoms with Crippen molar-refractivity contribution in [2.45, 2.75) is 51.0 Å². The van der Waals surface area contributed by atoms with Gasteiger partial charge in [-0.15, -0.1) is 10.2 Å². The monoisotopic (exact) mass is 382 g/mol. The number of piperidine rings is 1. The zero-order valence-electron chi connectivity index (χ0n) is 16.1. The Labute approximate surface area is 165 Å². The Morgan fingerprint density at radius 2 is 1.64 bits per heavy atom. The maximum absolute atomic E-state index is 13.1. The number of halogens is 1. The minimum Gasteiger partial charge on any atom is -0.355 e. The number of aromatic nitrogens is 2. The van der Waals surface area contributed by atoms with Gasteiger partial charge in [0.05, 0.1) is 5.69 Å². The molecule has 4 rings (SSSR count). The Hall–Kier alpha value is -2.50. The van der Waals surface area contributed by atoms with E-state index in [9.17, 15) is 9.18 Å². The van der Waals surface area contributed by atoms with E-state index in [1.807, 2.05) is 12.1 Å². The molecule has 0 spiro atoms. The second-order valence-electron chi connectivity index (χ2n) is 7.89. The fourth-order valence-corrected chi connectivity index (χ4v) is 4.21. The fourth-order valence-electron chi connectivity index (χ4n) is 4.21. The molecule has 2 aromatic rings. The van der Waals surface area contributed by atoms with Gasteiger partial charge in [0.25, 0.3) is 0 Å². The third-order valence-corrected chi connectivity index (χ3v) is 5.93. The number of amides is 1. The molecule has 2 aliphatic rings. The van der Waals surface area contributed by atoms with Crippen molar-refractivity contribution in [2.24, 2.45) is 5.92 Å². The Bertz CT molecular complexity index is 779. The quantitative estimate of drug-likeness (QED) is 0.870. The number of carbonyl (C=O) groups excluding carboxylic acids is 1. The molecule has 1 N–H and O–H groups in total. The van der Waals surface area contributed by atoms with Crippen molar-refractivity contribution in [2.75, 3.05) is 18.0 Å². The second-order valence-corrected chi connectivity index (χ2v) is 7.89. The van der Waals surface area contributed by atoms with Gasteiger partial charge in [-0.2, -0.15) is 0 Å². The van der Waals surface area contributed by atoms with Gasteiger partial charge in [0.2, 0.25) is 5.91 Å². The number of nitrogens with one attached hydrogen (secondary N) is 1. The largest absolute Gasteiger partial charge is 0.355 e. The van der Waals surface area contributed by atoms with E-state index in [1.54, 1.807) is 12.1 Å². The van der Waals surface area contributed by atoms with E-state index in [1.165, 1.54) is 31.4 Å². The zero-order chi connectivity index (χ0) is 19.3. The van der Waals surface area contributed by atoms with Gasteiger partial charge in [0, 0.05) is 30.6 Å². The molecule has 6 heteroatoms. The molecule has 1 saturated carbocycles. The van der Waals surface area contributed by atoms with E-state index in [0.29, 0.717) is 0 Å². The highest BCUT2D eigenvalue weighted by Crippen LogP contribution is 2.25. The van der Waals surface area contributed by atoms with E-state index in [-0.39, 0.29) is 23.7 Å². The van der Waals surface area contributed by atoms with Gasteiger partial charge in [0.15, 0.2) is 5.82 Å². The molecule has 5 nitrogen and oxygen atoms in total. The summed E-state index contributed by atoms with van der Waals surface area (Å²) in [6.07, 6.45) is 7.58. The van der Waals surface area contributed by atoms with Crippen LogP contribution in [0.2, 0.25) is 0 Å². The van der Waals surface area contributed by atoms with Crippen molar-refractivity contribution in [1.82, 2.24) is 15.5 Å². The van der Waals surface area contributed by atoms with Gasteiger partial charge < -0.3 is 10.2 Å². The predicted molar refractivity (Wildman–Crippen MR) is 107 cm³/mol. The third-order valence-electron chi connectivity index (χ3n) is 5.93. The summed E-state index contributed by atoms with van der Waals surface area (Å²) in [6.45, 7) is 1.72. The summed E-state index contributed by atoms with van der Waals surface area (Å²) in [7, 11) is 0. The highest BCUT2D eigenvalue weighted by molar-refractivity contribution is 5.79. The highest BCUT2D eigenvalue weighted by atomic mass is 19.1. The Balaban J connectivity index is 1.30. The number of hydrogen-bond donors (Lipinski definition) is 1. The topological polar surface area (TPSA) is 58.1 Å². The molecule has 1 aliphatic carbocycles. The van der Waals surface area contributed by atoms with E-state index < -0.39 is 0 Å². The molecular weight excluding hydrogens is 355 g/mol. The SMILES string of the molecule is O=C(NC1CCN(c2ccc(-c3ccc(F)cc3)nn2)CC1)C1CCCCC1. The first-order valence-corrected chi connectivity index (χ1v) is 10.3. The van der Waals surface area contributed by atoms with Crippen molar-refractivity contribution in [3.8, 4) is 11.3 Å².